The zero-order valence-electron chi connectivity index (χ0n) is 11.5. The lowest BCUT2D eigenvalue weighted by atomic mass is 10.1. The third-order valence-electron chi connectivity index (χ3n) is 2.76. The average Bonchev–Trinajstić information content (AvgIpc) is 2.21. The number of aliphatic hydroxyl groups excluding tert-OH is 1. The van der Waals surface area contributed by atoms with Crippen molar-refractivity contribution in [2.75, 3.05) is 27.2 Å². The Labute approximate surface area is 101 Å². The van der Waals surface area contributed by atoms with E-state index in [9.17, 15) is 5.11 Å². The van der Waals surface area contributed by atoms with Crippen molar-refractivity contribution in [1.82, 2.24) is 10.2 Å². The Bertz CT molecular complexity index is 151. The predicted molar refractivity (Wildman–Crippen MR) is 70.8 cm³/mol. The van der Waals surface area contributed by atoms with Crippen LogP contribution >= 0.6 is 0 Å². The fraction of sp³-hybridized carbons (Fsp3) is 1.00. The number of hydrogen-bond donors (Lipinski definition) is 2. The van der Waals surface area contributed by atoms with Gasteiger partial charge < -0.3 is 15.3 Å². The lowest BCUT2D eigenvalue weighted by Crippen LogP contribution is -2.39. The summed E-state index contributed by atoms with van der Waals surface area (Å²) in [6.07, 6.45) is 5.94. The minimum absolute atomic E-state index is 0.254. The Morgan fingerprint density at radius 3 is 2.31 bits per heavy atom. The standard InChI is InChI=1S/C13H30N2O/c1-5-7-9-12(8-6-2)14-10-13(16)11-15(3)4/h12-14,16H,5-11H2,1-4H3. The van der Waals surface area contributed by atoms with Gasteiger partial charge in [0.05, 0.1) is 6.10 Å². The van der Waals surface area contributed by atoms with Gasteiger partial charge in [0.15, 0.2) is 0 Å². The van der Waals surface area contributed by atoms with Gasteiger partial charge in [-0.1, -0.05) is 33.1 Å². The maximum absolute atomic E-state index is 9.76. The minimum atomic E-state index is -0.254. The first-order chi connectivity index (χ1) is 7.60. The summed E-state index contributed by atoms with van der Waals surface area (Å²) in [4.78, 5) is 2.02. The van der Waals surface area contributed by atoms with E-state index >= 15 is 0 Å². The molecule has 3 heteroatoms. The second-order valence-electron chi connectivity index (χ2n) is 4.95. The van der Waals surface area contributed by atoms with E-state index in [1.165, 1.54) is 32.1 Å². The van der Waals surface area contributed by atoms with Crippen molar-refractivity contribution in [3.63, 3.8) is 0 Å². The summed E-state index contributed by atoms with van der Waals surface area (Å²) in [6.45, 7) is 5.90. The lowest BCUT2D eigenvalue weighted by Gasteiger charge is -2.22. The first kappa shape index (κ1) is 15.9. The minimum Gasteiger partial charge on any atom is -0.390 e. The molecular formula is C13H30N2O. The van der Waals surface area contributed by atoms with Gasteiger partial charge in [-0.3, -0.25) is 0 Å². The molecule has 2 unspecified atom stereocenters. The molecule has 0 heterocycles. The first-order valence-corrected chi connectivity index (χ1v) is 6.66. The summed E-state index contributed by atoms with van der Waals surface area (Å²) < 4.78 is 0. The van der Waals surface area contributed by atoms with Gasteiger partial charge in [0, 0.05) is 19.1 Å². The molecule has 16 heavy (non-hydrogen) atoms. The van der Waals surface area contributed by atoms with E-state index in [-0.39, 0.29) is 6.10 Å². The zero-order chi connectivity index (χ0) is 12.4. The molecule has 0 aromatic carbocycles. The van der Waals surface area contributed by atoms with Crippen LogP contribution in [-0.2, 0) is 0 Å². The Morgan fingerprint density at radius 1 is 1.12 bits per heavy atom. The van der Waals surface area contributed by atoms with Crippen molar-refractivity contribution >= 4 is 0 Å². The number of nitrogens with zero attached hydrogens (tertiary/aromatic N) is 1. The van der Waals surface area contributed by atoms with Crippen LogP contribution < -0.4 is 5.32 Å². The molecule has 0 saturated heterocycles. The molecule has 2 atom stereocenters. The van der Waals surface area contributed by atoms with Crippen LogP contribution in [0, 0.1) is 0 Å². The van der Waals surface area contributed by atoms with Gasteiger partial charge in [0.25, 0.3) is 0 Å². The van der Waals surface area contributed by atoms with E-state index in [1.54, 1.807) is 0 Å². The molecule has 0 aromatic heterocycles. The highest BCUT2D eigenvalue weighted by molar-refractivity contribution is 4.70. The average molecular weight is 230 g/mol. The van der Waals surface area contributed by atoms with Gasteiger partial charge in [0.1, 0.15) is 0 Å². The Morgan fingerprint density at radius 2 is 1.81 bits per heavy atom. The fourth-order valence-electron chi connectivity index (χ4n) is 1.94. The predicted octanol–water partition coefficient (Wildman–Crippen LogP) is 1.86. The molecule has 0 amide bonds. The molecule has 0 aliphatic carbocycles. The van der Waals surface area contributed by atoms with E-state index in [2.05, 4.69) is 19.2 Å². The van der Waals surface area contributed by atoms with Gasteiger partial charge in [-0.25, -0.2) is 0 Å². The zero-order valence-corrected chi connectivity index (χ0v) is 11.5. The molecule has 0 aliphatic heterocycles. The van der Waals surface area contributed by atoms with Gasteiger partial charge in [-0.05, 0) is 26.9 Å². The highest BCUT2D eigenvalue weighted by Crippen LogP contribution is 2.06. The summed E-state index contributed by atoms with van der Waals surface area (Å²) in [6, 6.07) is 0.585. The molecule has 0 fully saturated rings. The summed E-state index contributed by atoms with van der Waals surface area (Å²) in [5, 5.41) is 13.2. The number of rotatable bonds is 10. The van der Waals surface area contributed by atoms with Crippen LogP contribution in [0.3, 0.4) is 0 Å². The molecule has 0 bridgehead atoms. The van der Waals surface area contributed by atoms with Crippen LogP contribution in [0.1, 0.15) is 46.0 Å². The Hall–Kier alpha value is -0.120. The Kier molecular flexibility index (Phi) is 9.99. The van der Waals surface area contributed by atoms with Crippen LogP contribution in [0.25, 0.3) is 0 Å². The molecule has 0 spiro atoms. The second kappa shape index (κ2) is 10.1. The van der Waals surface area contributed by atoms with Crippen molar-refractivity contribution in [2.45, 2.75) is 58.1 Å². The summed E-state index contributed by atoms with van der Waals surface area (Å²) in [7, 11) is 3.98. The van der Waals surface area contributed by atoms with E-state index < -0.39 is 0 Å². The molecule has 98 valence electrons. The van der Waals surface area contributed by atoms with Crippen molar-refractivity contribution in [3.05, 3.63) is 0 Å². The maximum Gasteiger partial charge on any atom is 0.0791 e. The van der Waals surface area contributed by atoms with Crippen LogP contribution in [0.2, 0.25) is 0 Å². The smallest absolute Gasteiger partial charge is 0.0791 e. The number of hydrogen-bond acceptors (Lipinski definition) is 3. The normalized spacial score (nSPS) is 15.4. The van der Waals surface area contributed by atoms with E-state index in [0.717, 1.165) is 6.54 Å². The van der Waals surface area contributed by atoms with Crippen molar-refractivity contribution in [3.8, 4) is 0 Å². The second-order valence-corrected chi connectivity index (χ2v) is 4.95. The third-order valence-corrected chi connectivity index (χ3v) is 2.76. The summed E-state index contributed by atoms with van der Waals surface area (Å²) in [5.74, 6) is 0. The molecule has 0 aromatic rings. The topological polar surface area (TPSA) is 35.5 Å². The molecule has 0 aliphatic rings. The molecular weight excluding hydrogens is 200 g/mol. The monoisotopic (exact) mass is 230 g/mol. The largest absolute Gasteiger partial charge is 0.390 e. The van der Waals surface area contributed by atoms with Gasteiger partial charge in [-0.2, -0.15) is 0 Å². The third kappa shape index (κ3) is 9.13. The van der Waals surface area contributed by atoms with Gasteiger partial charge in [0.2, 0.25) is 0 Å². The molecule has 0 radical (unpaired) electrons. The van der Waals surface area contributed by atoms with Gasteiger partial charge >= 0.3 is 0 Å². The number of unbranched alkanes of at least 4 members (excludes halogenated alkanes) is 1. The quantitative estimate of drug-likeness (QED) is 0.601. The SMILES string of the molecule is CCCCC(CCC)NCC(O)CN(C)C. The molecule has 0 rings (SSSR count). The van der Waals surface area contributed by atoms with Gasteiger partial charge in [-0.15, -0.1) is 0 Å². The van der Waals surface area contributed by atoms with E-state index in [4.69, 9.17) is 0 Å². The van der Waals surface area contributed by atoms with Crippen molar-refractivity contribution in [2.24, 2.45) is 0 Å². The molecule has 3 nitrogen and oxygen atoms in total. The van der Waals surface area contributed by atoms with Crippen LogP contribution in [-0.4, -0.2) is 49.3 Å². The number of nitrogens with one attached hydrogen (secondary N) is 1. The summed E-state index contributed by atoms with van der Waals surface area (Å²) >= 11 is 0. The van der Waals surface area contributed by atoms with E-state index in [1.807, 2.05) is 19.0 Å². The maximum atomic E-state index is 9.76. The molecule has 2 N–H and O–H groups in total. The highest BCUT2D eigenvalue weighted by atomic mass is 16.3. The van der Waals surface area contributed by atoms with Crippen LogP contribution in [0.15, 0.2) is 0 Å². The van der Waals surface area contributed by atoms with Crippen molar-refractivity contribution in [1.29, 1.82) is 0 Å². The van der Waals surface area contributed by atoms with E-state index in [0.29, 0.717) is 12.6 Å². The molecule has 0 saturated carbocycles. The van der Waals surface area contributed by atoms with Crippen LogP contribution in [0.5, 0.6) is 0 Å². The lowest BCUT2D eigenvalue weighted by molar-refractivity contribution is 0.130. The number of aliphatic hydroxyl groups is 1. The highest BCUT2D eigenvalue weighted by Gasteiger charge is 2.10. The fourth-order valence-corrected chi connectivity index (χ4v) is 1.94. The number of likely N-dealkylation sites (N-methyl/N-ethyl adjacent to an activating group) is 1. The van der Waals surface area contributed by atoms with Crippen molar-refractivity contribution < 1.29 is 5.11 Å². The Balaban J connectivity index is 3.72. The summed E-state index contributed by atoms with van der Waals surface area (Å²) in [5.41, 5.74) is 0. The first-order valence-electron chi connectivity index (χ1n) is 6.66. The van der Waals surface area contributed by atoms with Crippen LogP contribution in [0.4, 0.5) is 0 Å².